The van der Waals surface area contributed by atoms with E-state index in [2.05, 4.69) is 32.9 Å². The molecule has 1 amide bonds. The molecule has 0 bridgehead atoms. The van der Waals surface area contributed by atoms with Crippen molar-refractivity contribution in [3.05, 3.63) is 89.4 Å². The first-order valence-electron chi connectivity index (χ1n) is 12.0. The van der Waals surface area contributed by atoms with Crippen LogP contribution in [0.1, 0.15) is 11.3 Å². The van der Waals surface area contributed by atoms with Crippen molar-refractivity contribution in [2.75, 3.05) is 11.1 Å². The zero-order chi connectivity index (χ0) is 29.4. The smallest absolute Gasteiger partial charge is 0.322 e. The Bertz CT molecular complexity index is 1910. The Morgan fingerprint density at radius 3 is 2.56 bits per heavy atom. The number of hydrogen-bond donors (Lipinski definition) is 2. The number of rotatable bonds is 6. The molecule has 0 atom stereocenters. The van der Waals surface area contributed by atoms with Gasteiger partial charge in [0.2, 0.25) is 0 Å². The van der Waals surface area contributed by atoms with E-state index < -0.39 is 17.6 Å². The Labute approximate surface area is 237 Å². The van der Waals surface area contributed by atoms with Gasteiger partial charge in [0.05, 0.1) is 39.1 Å². The number of fused-ring (bicyclic) bond motifs is 1. The fraction of sp³-hybridized carbons (Fsp3) is 0.0690. The molecule has 3 heterocycles. The lowest BCUT2D eigenvalue weighted by atomic mass is 9.97. The Morgan fingerprint density at radius 2 is 1.93 bits per heavy atom. The number of nitrogen functional groups attached to an aromatic ring is 1. The normalized spacial score (nSPS) is 10.8. The predicted octanol–water partition coefficient (Wildman–Crippen LogP) is 6.47. The van der Waals surface area contributed by atoms with Crippen LogP contribution in [0.3, 0.4) is 0 Å². The quantitative estimate of drug-likeness (QED) is 0.223. The van der Waals surface area contributed by atoms with Crippen LogP contribution in [0.5, 0.6) is 11.8 Å². The van der Waals surface area contributed by atoms with Gasteiger partial charge in [-0.1, -0.05) is 30.3 Å². The number of anilines is 2. The first kappa shape index (κ1) is 27.2. The number of nitrogens with two attached hydrogens (primary N) is 1. The summed E-state index contributed by atoms with van der Waals surface area (Å²) in [5.74, 6) is -2.06. The summed E-state index contributed by atoms with van der Waals surface area (Å²) < 4.78 is 34.2. The van der Waals surface area contributed by atoms with Gasteiger partial charge in [-0.15, -0.1) is 0 Å². The third-order valence-corrected chi connectivity index (χ3v) is 6.65. The lowest BCUT2D eigenvalue weighted by Gasteiger charge is -2.13. The average molecular weight is 572 g/mol. The Morgan fingerprint density at radius 1 is 1.20 bits per heavy atom. The van der Waals surface area contributed by atoms with Gasteiger partial charge in [0.1, 0.15) is 17.6 Å². The molecule has 3 aromatic heterocycles. The number of benzene rings is 2. The molecule has 0 aliphatic carbocycles. The highest BCUT2D eigenvalue weighted by Gasteiger charge is 2.25. The second-order valence-corrected chi connectivity index (χ2v) is 9.35. The maximum atomic E-state index is 13.5. The molecule has 0 unspecified atom stereocenters. The van der Waals surface area contributed by atoms with E-state index in [0.29, 0.717) is 44.6 Å². The summed E-state index contributed by atoms with van der Waals surface area (Å²) in [7, 11) is 1.77. The lowest BCUT2D eigenvalue weighted by Crippen LogP contribution is -2.11. The highest BCUT2D eigenvalue weighted by Crippen LogP contribution is 2.45. The molecule has 0 aliphatic heterocycles. The summed E-state index contributed by atoms with van der Waals surface area (Å²) >= 11 is 6.69. The molecule has 5 aromatic rings. The number of halogens is 3. The van der Waals surface area contributed by atoms with Gasteiger partial charge in [0.25, 0.3) is 5.91 Å². The Balaban J connectivity index is 1.66. The van der Waals surface area contributed by atoms with Gasteiger partial charge < -0.3 is 20.4 Å². The number of ether oxygens (including phenoxy) is 1. The van der Waals surface area contributed by atoms with E-state index in [9.17, 15) is 18.8 Å². The molecule has 3 N–H and O–H groups in total. The van der Waals surface area contributed by atoms with Crippen molar-refractivity contribution in [1.29, 1.82) is 5.26 Å². The van der Waals surface area contributed by atoms with Crippen molar-refractivity contribution in [3.8, 4) is 40.2 Å². The molecular formula is C29H20ClF2N7O2. The van der Waals surface area contributed by atoms with E-state index in [1.165, 1.54) is 19.2 Å². The van der Waals surface area contributed by atoms with Crippen LogP contribution in [-0.4, -0.2) is 25.4 Å². The molecule has 0 saturated heterocycles. The Hall–Kier alpha value is -5.34. The van der Waals surface area contributed by atoms with Crippen LogP contribution in [-0.2, 0) is 11.8 Å². The minimum absolute atomic E-state index is 0.00935. The second kappa shape index (κ2) is 10.7. The number of carbonyl (C=O) groups is 1. The standard InChI is InChI=1S/C29H20ClF2N7O2/c1-14(31)28(40)38-18-6-9-20(21(30)10-18)26-23(24-25(39(26)3)17(11-33)12-35-27(24)34)16-4-7-19(8-5-16)41-29-36-13-22(32)15(2)37-29/h4-10,12-13H,1H2,2-3H3,(H2,34,35)(H,38,40). The summed E-state index contributed by atoms with van der Waals surface area (Å²) in [6.07, 6.45) is 2.43. The second-order valence-electron chi connectivity index (χ2n) is 8.94. The number of carbonyl (C=O) groups excluding carboxylic acids is 1. The predicted molar refractivity (Wildman–Crippen MR) is 151 cm³/mol. The van der Waals surface area contributed by atoms with E-state index in [1.54, 1.807) is 48.0 Å². The van der Waals surface area contributed by atoms with Crippen LogP contribution >= 0.6 is 11.6 Å². The SMILES string of the molecule is C=C(F)C(=O)Nc1ccc(-c2c(-c3ccc(Oc4ncc(F)c(C)n4)cc3)c3c(N)ncc(C#N)c3n2C)c(Cl)c1. The van der Waals surface area contributed by atoms with Crippen molar-refractivity contribution in [3.63, 3.8) is 0 Å². The summed E-state index contributed by atoms with van der Waals surface area (Å²) in [6, 6.07) is 13.8. The van der Waals surface area contributed by atoms with Crippen LogP contribution in [0.4, 0.5) is 20.3 Å². The maximum absolute atomic E-state index is 13.5. The number of amides is 1. The van der Waals surface area contributed by atoms with E-state index in [1.807, 2.05) is 0 Å². The van der Waals surface area contributed by atoms with Crippen LogP contribution in [0.15, 0.2) is 67.3 Å². The number of nitrogens with one attached hydrogen (secondary N) is 1. The first-order chi connectivity index (χ1) is 19.6. The first-order valence-corrected chi connectivity index (χ1v) is 12.4. The van der Waals surface area contributed by atoms with Crippen LogP contribution < -0.4 is 15.8 Å². The van der Waals surface area contributed by atoms with Crippen LogP contribution in [0, 0.1) is 24.1 Å². The maximum Gasteiger partial charge on any atom is 0.322 e. The van der Waals surface area contributed by atoms with Gasteiger partial charge in [0.15, 0.2) is 11.6 Å². The molecule has 0 fully saturated rings. The summed E-state index contributed by atoms with van der Waals surface area (Å²) in [5.41, 5.74) is 10.1. The average Bonchev–Trinajstić information content (AvgIpc) is 3.25. The number of aromatic nitrogens is 4. The van der Waals surface area contributed by atoms with E-state index in [-0.39, 0.29) is 28.2 Å². The van der Waals surface area contributed by atoms with E-state index >= 15 is 0 Å². The molecule has 0 spiro atoms. The molecule has 12 heteroatoms. The molecular weight excluding hydrogens is 552 g/mol. The number of nitrogens with zero attached hydrogens (tertiary/aromatic N) is 5. The monoisotopic (exact) mass is 571 g/mol. The van der Waals surface area contributed by atoms with Crippen molar-refractivity contribution in [1.82, 2.24) is 19.5 Å². The Kier molecular flexibility index (Phi) is 7.09. The number of pyridine rings is 1. The topological polar surface area (TPSA) is 132 Å². The van der Waals surface area contributed by atoms with Gasteiger partial charge in [-0.05, 0) is 42.8 Å². The minimum Gasteiger partial charge on any atom is -0.424 e. The fourth-order valence-corrected chi connectivity index (χ4v) is 4.72. The third kappa shape index (κ3) is 5.04. The molecule has 0 radical (unpaired) electrons. The number of hydrogen-bond acceptors (Lipinski definition) is 7. The van der Waals surface area contributed by atoms with Gasteiger partial charge in [-0.2, -0.15) is 10.2 Å². The summed E-state index contributed by atoms with van der Waals surface area (Å²) in [4.78, 5) is 23.8. The van der Waals surface area contributed by atoms with E-state index in [0.717, 1.165) is 6.20 Å². The third-order valence-electron chi connectivity index (χ3n) is 6.34. The molecule has 5 rings (SSSR count). The van der Waals surface area contributed by atoms with Gasteiger partial charge in [-0.3, -0.25) is 4.79 Å². The molecule has 204 valence electrons. The molecule has 0 saturated carbocycles. The molecule has 41 heavy (non-hydrogen) atoms. The minimum atomic E-state index is -1.14. The molecule has 0 aliphatic rings. The van der Waals surface area contributed by atoms with Crippen molar-refractivity contribution in [2.24, 2.45) is 7.05 Å². The van der Waals surface area contributed by atoms with Crippen molar-refractivity contribution < 1.29 is 18.3 Å². The largest absolute Gasteiger partial charge is 0.424 e. The van der Waals surface area contributed by atoms with Crippen molar-refractivity contribution >= 4 is 39.9 Å². The van der Waals surface area contributed by atoms with Crippen molar-refractivity contribution in [2.45, 2.75) is 6.92 Å². The number of aryl methyl sites for hydroxylation is 2. The highest BCUT2D eigenvalue weighted by molar-refractivity contribution is 6.34. The highest BCUT2D eigenvalue weighted by atomic mass is 35.5. The number of nitriles is 1. The zero-order valence-electron chi connectivity index (χ0n) is 21.7. The van der Waals surface area contributed by atoms with Crippen LogP contribution in [0.2, 0.25) is 5.02 Å². The van der Waals surface area contributed by atoms with Gasteiger partial charge >= 0.3 is 6.01 Å². The van der Waals surface area contributed by atoms with Crippen LogP contribution in [0.25, 0.3) is 33.3 Å². The summed E-state index contributed by atoms with van der Waals surface area (Å²) in [5, 5.41) is 13.0. The molecule has 2 aromatic carbocycles. The summed E-state index contributed by atoms with van der Waals surface area (Å²) in [6.45, 7) is 4.50. The zero-order valence-corrected chi connectivity index (χ0v) is 22.4. The van der Waals surface area contributed by atoms with Gasteiger partial charge in [0, 0.05) is 30.1 Å². The van der Waals surface area contributed by atoms with Gasteiger partial charge in [-0.25, -0.2) is 18.7 Å². The molecule has 9 nitrogen and oxygen atoms in total. The fourth-order valence-electron chi connectivity index (χ4n) is 4.45. The van der Waals surface area contributed by atoms with E-state index in [4.69, 9.17) is 22.1 Å². The lowest BCUT2D eigenvalue weighted by molar-refractivity contribution is -0.114.